The molecule has 2 amide bonds. The average Bonchev–Trinajstić information content (AvgIpc) is 3.08. The third-order valence-corrected chi connectivity index (χ3v) is 5.36. The van der Waals surface area contributed by atoms with Crippen LogP contribution < -0.4 is 10.6 Å². The zero-order chi connectivity index (χ0) is 20.4. The molecule has 0 atom stereocenters. The van der Waals surface area contributed by atoms with Gasteiger partial charge in [0.2, 0.25) is 0 Å². The Morgan fingerprint density at radius 1 is 1.10 bits per heavy atom. The van der Waals surface area contributed by atoms with E-state index in [1.807, 2.05) is 6.07 Å². The highest BCUT2D eigenvalue weighted by atomic mass is 19.1. The normalized spacial score (nSPS) is 14.7. The van der Waals surface area contributed by atoms with Gasteiger partial charge in [-0.05, 0) is 49.6 Å². The van der Waals surface area contributed by atoms with Crippen molar-refractivity contribution >= 4 is 23.3 Å². The third kappa shape index (κ3) is 3.99. The second-order valence-electron chi connectivity index (χ2n) is 7.46. The molecule has 1 aliphatic carbocycles. The number of nitrogens with zero attached hydrogens (tertiary/aromatic N) is 2. The van der Waals surface area contributed by atoms with E-state index in [4.69, 9.17) is 0 Å². The highest BCUT2D eigenvalue weighted by molar-refractivity contribution is 6.08. The molecule has 2 heterocycles. The summed E-state index contributed by atoms with van der Waals surface area (Å²) in [6, 6.07) is 9.54. The fourth-order valence-electron chi connectivity index (χ4n) is 3.81. The van der Waals surface area contributed by atoms with Crippen LogP contribution in [0.25, 0.3) is 5.65 Å². The van der Waals surface area contributed by atoms with Gasteiger partial charge in [-0.15, -0.1) is 0 Å². The average molecular weight is 394 g/mol. The number of nitrogens with one attached hydrogen (secondary N) is 2. The molecule has 3 aromatic rings. The molecule has 29 heavy (non-hydrogen) atoms. The van der Waals surface area contributed by atoms with Crippen LogP contribution in [0, 0.1) is 12.7 Å². The molecule has 7 heteroatoms. The van der Waals surface area contributed by atoms with Gasteiger partial charge in [0.1, 0.15) is 11.5 Å². The predicted octanol–water partition coefficient (Wildman–Crippen LogP) is 4.10. The second kappa shape index (κ2) is 8.03. The quantitative estimate of drug-likeness (QED) is 0.700. The maximum absolute atomic E-state index is 13.6. The Morgan fingerprint density at radius 2 is 1.90 bits per heavy atom. The Bertz CT molecular complexity index is 1070. The molecule has 0 aliphatic heterocycles. The van der Waals surface area contributed by atoms with E-state index in [2.05, 4.69) is 15.6 Å². The summed E-state index contributed by atoms with van der Waals surface area (Å²) in [6.45, 7) is 1.73. The van der Waals surface area contributed by atoms with E-state index >= 15 is 0 Å². The number of fused-ring (bicyclic) bond motifs is 1. The van der Waals surface area contributed by atoms with Gasteiger partial charge in [0.05, 0.1) is 0 Å². The number of pyridine rings is 1. The fourth-order valence-corrected chi connectivity index (χ4v) is 3.81. The van der Waals surface area contributed by atoms with E-state index in [-0.39, 0.29) is 29.0 Å². The van der Waals surface area contributed by atoms with E-state index in [1.165, 1.54) is 18.6 Å². The highest BCUT2D eigenvalue weighted by Crippen LogP contribution is 2.22. The van der Waals surface area contributed by atoms with Crippen LogP contribution in [-0.4, -0.2) is 27.2 Å². The molecule has 1 aliphatic rings. The van der Waals surface area contributed by atoms with Gasteiger partial charge in [-0.2, -0.15) is 0 Å². The molecular formula is C22H23FN4O2. The summed E-state index contributed by atoms with van der Waals surface area (Å²) in [5, 5.41) is 5.78. The molecule has 0 spiro atoms. The van der Waals surface area contributed by atoms with Gasteiger partial charge < -0.3 is 10.6 Å². The molecule has 0 unspecified atom stereocenters. The van der Waals surface area contributed by atoms with Gasteiger partial charge in [0.15, 0.2) is 11.5 Å². The summed E-state index contributed by atoms with van der Waals surface area (Å²) in [6.07, 6.45) is 7.03. The van der Waals surface area contributed by atoms with Crippen LogP contribution in [0.4, 0.5) is 10.2 Å². The molecule has 0 radical (unpaired) electrons. The Kier molecular flexibility index (Phi) is 5.29. The standard InChI is InChI=1S/C22H23FN4O2/c1-14-10-11-15(23)13-17(14)21(28)26-20-19(27-12-6-5-9-18(27)25-20)22(29)24-16-7-3-2-4-8-16/h5-6,9-13,16H,2-4,7-8H2,1H3,(H,24,29)(H,26,28). The predicted molar refractivity (Wildman–Crippen MR) is 109 cm³/mol. The van der Waals surface area contributed by atoms with Crippen molar-refractivity contribution in [3.05, 3.63) is 65.2 Å². The van der Waals surface area contributed by atoms with E-state index in [0.29, 0.717) is 11.2 Å². The number of carbonyl (C=O) groups is 2. The fraction of sp³-hybridized carbons (Fsp3) is 0.318. The largest absolute Gasteiger partial charge is 0.348 e. The van der Waals surface area contributed by atoms with Crippen LogP contribution in [0.5, 0.6) is 0 Å². The van der Waals surface area contributed by atoms with Gasteiger partial charge in [0.25, 0.3) is 11.8 Å². The first-order valence-corrected chi connectivity index (χ1v) is 9.88. The molecular weight excluding hydrogens is 371 g/mol. The molecule has 0 bridgehead atoms. The zero-order valence-corrected chi connectivity index (χ0v) is 16.2. The van der Waals surface area contributed by atoms with Gasteiger partial charge in [0, 0.05) is 17.8 Å². The lowest BCUT2D eigenvalue weighted by molar-refractivity contribution is 0.0922. The molecule has 2 aromatic heterocycles. The van der Waals surface area contributed by atoms with Crippen molar-refractivity contribution in [1.82, 2.24) is 14.7 Å². The minimum Gasteiger partial charge on any atom is -0.348 e. The molecule has 1 saturated carbocycles. The van der Waals surface area contributed by atoms with Crippen molar-refractivity contribution in [2.75, 3.05) is 5.32 Å². The molecule has 2 N–H and O–H groups in total. The number of halogens is 1. The lowest BCUT2D eigenvalue weighted by Crippen LogP contribution is -2.37. The minimum atomic E-state index is -0.503. The van der Waals surface area contributed by atoms with Crippen molar-refractivity contribution < 1.29 is 14.0 Å². The summed E-state index contributed by atoms with van der Waals surface area (Å²) in [5.41, 5.74) is 1.67. The van der Waals surface area contributed by atoms with Crippen LogP contribution in [0.15, 0.2) is 42.6 Å². The summed E-state index contributed by atoms with van der Waals surface area (Å²) in [4.78, 5) is 30.3. The Labute approximate surface area is 168 Å². The topological polar surface area (TPSA) is 75.5 Å². The first-order valence-electron chi connectivity index (χ1n) is 9.88. The van der Waals surface area contributed by atoms with E-state index < -0.39 is 11.7 Å². The van der Waals surface area contributed by atoms with Crippen LogP contribution in [0.1, 0.15) is 58.5 Å². The summed E-state index contributed by atoms with van der Waals surface area (Å²) >= 11 is 0. The van der Waals surface area contributed by atoms with Crippen molar-refractivity contribution in [2.24, 2.45) is 0 Å². The first kappa shape index (κ1) is 19.1. The van der Waals surface area contributed by atoms with Gasteiger partial charge >= 0.3 is 0 Å². The number of imidazole rings is 1. The van der Waals surface area contributed by atoms with Gasteiger partial charge in [-0.25, -0.2) is 9.37 Å². The number of benzene rings is 1. The molecule has 1 aromatic carbocycles. The van der Waals surface area contributed by atoms with Crippen LogP contribution in [-0.2, 0) is 0 Å². The summed E-state index contributed by atoms with van der Waals surface area (Å²) in [7, 11) is 0. The summed E-state index contributed by atoms with van der Waals surface area (Å²) in [5.74, 6) is -1.11. The number of amides is 2. The minimum absolute atomic E-state index is 0.125. The second-order valence-corrected chi connectivity index (χ2v) is 7.46. The number of aromatic nitrogens is 2. The zero-order valence-electron chi connectivity index (χ0n) is 16.2. The summed E-state index contributed by atoms with van der Waals surface area (Å²) < 4.78 is 15.3. The van der Waals surface area contributed by atoms with Crippen molar-refractivity contribution in [3.63, 3.8) is 0 Å². The third-order valence-electron chi connectivity index (χ3n) is 5.36. The lowest BCUT2D eigenvalue weighted by atomic mass is 9.95. The van der Waals surface area contributed by atoms with Gasteiger partial charge in [-0.3, -0.25) is 14.0 Å². The number of anilines is 1. The SMILES string of the molecule is Cc1ccc(F)cc1C(=O)Nc1nc2ccccn2c1C(=O)NC1CCCCC1. The maximum Gasteiger partial charge on any atom is 0.272 e. The molecule has 6 nitrogen and oxygen atoms in total. The van der Waals surface area contributed by atoms with Crippen molar-refractivity contribution in [1.29, 1.82) is 0 Å². The van der Waals surface area contributed by atoms with E-state index in [0.717, 1.165) is 25.7 Å². The number of hydrogen-bond donors (Lipinski definition) is 2. The first-order chi connectivity index (χ1) is 14.0. The number of rotatable bonds is 4. The molecule has 150 valence electrons. The highest BCUT2D eigenvalue weighted by Gasteiger charge is 2.24. The maximum atomic E-state index is 13.6. The monoisotopic (exact) mass is 394 g/mol. The van der Waals surface area contributed by atoms with E-state index in [1.54, 1.807) is 35.7 Å². The van der Waals surface area contributed by atoms with Crippen LogP contribution in [0.2, 0.25) is 0 Å². The number of hydrogen-bond acceptors (Lipinski definition) is 3. The smallest absolute Gasteiger partial charge is 0.272 e. The Balaban J connectivity index is 1.66. The molecule has 4 rings (SSSR count). The number of carbonyl (C=O) groups excluding carboxylic acids is 2. The van der Waals surface area contributed by atoms with E-state index in [9.17, 15) is 14.0 Å². The number of aryl methyl sites for hydroxylation is 1. The molecule has 0 saturated heterocycles. The van der Waals surface area contributed by atoms with Crippen LogP contribution in [0.3, 0.4) is 0 Å². The Hall–Kier alpha value is -3.22. The van der Waals surface area contributed by atoms with Gasteiger partial charge in [-0.1, -0.05) is 31.4 Å². The molecule has 1 fully saturated rings. The van der Waals surface area contributed by atoms with Crippen LogP contribution >= 0.6 is 0 Å². The van der Waals surface area contributed by atoms with Crippen molar-refractivity contribution in [3.8, 4) is 0 Å². The van der Waals surface area contributed by atoms with Crippen molar-refractivity contribution in [2.45, 2.75) is 45.1 Å². The lowest BCUT2D eigenvalue weighted by Gasteiger charge is -2.22. The Morgan fingerprint density at radius 3 is 2.69 bits per heavy atom.